The van der Waals surface area contributed by atoms with Crippen LogP contribution in [0.5, 0.6) is 0 Å². The van der Waals surface area contributed by atoms with Crippen LogP contribution in [0.1, 0.15) is 18.1 Å². The quantitative estimate of drug-likeness (QED) is 0.759. The lowest BCUT2D eigenvalue weighted by molar-refractivity contribution is -0.117. The van der Waals surface area contributed by atoms with Crippen molar-refractivity contribution in [3.8, 4) is 0 Å². The maximum Gasteiger partial charge on any atom is 0.242 e. The molecule has 1 aromatic heterocycles. The number of benzene rings is 1. The SMILES string of the molecule is CCc1cn[nH]c1NC(=O)[C@@H](N)Cc1ccccc1. The lowest BCUT2D eigenvalue weighted by Gasteiger charge is -2.12. The van der Waals surface area contributed by atoms with Crippen LogP contribution in [0.2, 0.25) is 0 Å². The minimum Gasteiger partial charge on any atom is -0.320 e. The molecular formula is C14H18N4O. The highest BCUT2D eigenvalue weighted by molar-refractivity contribution is 5.94. The van der Waals surface area contributed by atoms with Gasteiger partial charge in [-0.25, -0.2) is 0 Å². The van der Waals surface area contributed by atoms with E-state index < -0.39 is 6.04 Å². The number of carbonyl (C=O) groups is 1. The molecule has 0 spiro atoms. The van der Waals surface area contributed by atoms with Crippen LogP contribution in [-0.2, 0) is 17.6 Å². The molecule has 2 aromatic rings. The van der Waals surface area contributed by atoms with Gasteiger partial charge in [0.2, 0.25) is 5.91 Å². The molecule has 0 aliphatic rings. The second-order valence-electron chi connectivity index (χ2n) is 4.41. The van der Waals surface area contributed by atoms with Crippen molar-refractivity contribution >= 4 is 11.7 Å². The average molecular weight is 258 g/mol. The normalized spacial score (nSPS) is 12.1. The van der Waals surface area contributed by atoms with Crippen molar-refractivity contribution in [3.63, 3.8) is 0 Å². The summed E-state index contributed by atoms with van der Waals surface area (Å²) in [6.45, 7) is 2.00. The van der Waals surface area contributed by atoms with Crippen LogP contribution < -0.4 is 11.1 Å². The summed E-state index contributed by atoms with van der Waals surface area (Å²) in [6.07, 6.45) is 3.03. The molecule has 1 amide bonds. The van der Waals surface area contributed by atoms with E-state index in [2.05, 4.69) is 15.5 Å². The van der Waals surface area contributed by atoms with E-state index in [0.717, 1.165) is 17.5 Å². The number of hydrogen-bond donors (Lipinski definition) is 3. The average Bonchev–Trinajstić information content (AvgIpc) is 2.87. The third kappa shape index (κ3) is 3.42. The van der Waals surface area contributed by atoms with E-state index in [4.69, 9.17) is 5.73 Å². The Balaban J connectivity index is 1.96. The number of aryl methyl sites for hydroxylation is 1. The summed E-state index contributed by atoms with van der Waals surface area (Å²) in [7, 11) is 0. The van der Waals surface area contributed by atoms with Crippen molar-refractivity contribution < 1.29 is 4.79 Å². The van der Waals surface area contributed by atoms with E-state index in [1.165, 1.54) is 0 Å². The Morgan fingerprint density at radius 1 is 1.42 bits per heavy atom. The van der Waals surface area contributed by atoms with Crippen molar-refractivity contribution in [1.82, 2.24) is 10.2 Å². The molecule has 5 nitrogen and oxygen atoms in total. The zero-order valence-corrected chi connectivity index (χ0v) is 10.9. The fourth-order valence-corrected chi connectivity index (χ4v) is 1.86. The molecule has 1 heterocycles. The molecule has 5 heteroatoms. The number of nitrogens with zero attached hydrogens (tertiary/aromatic N) is 1. The number of aromatic nitrogens is 2. The molecule has 0 radical (unpaired) electrons. The van der Waals surface area contributed by atoms with Crippen molar-refractivity contribution in [2.75, 3.05) is 5.32 Å². The second kappa shape index (κ2) is 6.15. The first-order valence-corrected chi connectivity index (χ1v) is 6.33. The van der Waals surface area contributed by atoms with Gasteiger partial charge in [0.05, 0.1) is 12.2 Å². The summed E-state index contributed by atoms with van der Waals surface area (Å²) in [6, 6.07) is 9.15. The summed E-state index contributed by atoms with van der Waals surface area (Å²) in [5.41, 5.74) is 7.93. The van der Waals surface area contributed by atoms with E-state index in [-0.39, 0.29) is 5.91 Å². The van der Waals surface area contributed by atoms with Gasteiger partial charge in [-0.1, -0.05) is 37.3 Å². The maximum atomic E-state index is 12.0. The van der Waals surface area contributed by atoms with Gasteiger partial charge >= 0.3 is 0 Å². The predicted octanol–water partition coefficient (Wildman–Crippen LogP) is 1.48. The van der Waals surface area contributed by atoms with Gasteiger partial charge in [0, 0.05) is 5.56 Å². The molecule has 19 heavy (non-hydrogen) atoms. The molecule has 1 aromatic carbocycles. The molecule has 0 aliphatic heterocycles. The zero-order chi connectivity index (χ0) is 13.7. The molecule has 0 aliphatic carbocycles. The first-order valence-electron chi connectivity index (χ1n) is 6.33. The first-order chi connectivity index (χ1) is 9.20. The van der Waals surface area contributed by atoms with Crippen molar-refractivity contribution in [1.29, 1.82) is 0 Å². The molecule has 1 atom stereocenters. The number of amides is 1. The third-order valence-corrected chi connectivity index (χ3v) is 2.98. The van der Waals surface area contributed by atoms with Gasteiger partial charge in [0.25, 0.3) is 0 Å². The highest BCUT2D eigenvalue weighted by atomic mass is 16.2. The van der Waals surface area contributed by atoms with Gasteiger partial charge in [0.1, 0.15) is 5.82 Å². The van der Waals surface area contributed by atoms with E-state index in [0.29, 0.717) is 12.2 Å². The largest absolute Gasteiger partial charge is 0.320 e. The van der Waals surface area contributed by atoms with Gasteiger partial charge in [-0.3, -0.25) is 9.89 Å². The van der Waals surface area contributed by atoms with Crippen molar-refractivity contribution in [2.24, 2.45) is 5.73 Å². The number of nitrogens with two attached hydrogens (primary N) is 1. The Kier molecular flexibility index (Phi) is 4.30. The highest BCUT2D eigenvalue weighted by Gasteiger charge is 2.16. The van der Waals surface area contributed by atoms with E-state index in [1.807, 2.05) is 37.3 Å². The van der Waals surface area contributed by atoms with Gasteiger partial charge in [-0.2, -0.15) is 5.10 Å². The second-order valence-corrected chi connectivity index (χ2v) is 4.41. The van der Waals surface area contributed by atoms with Crippen LogP contribution >= 0.6 is 0 Å². The fourth-order valence-electron chi connectivity index (χ4n) is 1.86. The Bertz CT molecular complexity index is 535. The number of hydrogen-bond acceptors (Lipinski definition) is 3. The minimum absolute atomic E-state index is 0.206. The molecule has 0 unspecified atom stereocenters. The highest BCUT2D eigenvalue weighted by Crippen LogP contribution is 2.12. The van der Waals surface area contributed by atoms with Crippen LogP contribution in [0.4, 0.5) is 5.82 Å². The Hall–Kier alpha value is -2.14. The maximum absolute atomic E-state index is 12.0. The first kappa shape index (κ1) is 13.3. The number of anilines is 1. The minimum atomic E-state index is -0.574. The standard InChI is InChI=1S/C14H18N4O/c1-2-11-9-16-18-13(11)17-14(19)12(15)8-10-6-4-3-5-7-10/h3-7,9,12H,2,8,15H2,1H3,(H2,16,17,18,19)/t12-/m0/s1. The molecule has 0 saturated carbocycles. The van der Waals surface area contributed by atoms with Crippen molar-refractivity contribution in [3.05, 3.63) is 47.7 Å². The Morgan fingerprint density at radius 3 is 2.84 bits per heavy atom. The number of carbonyl (C=O) groups excluding carboxylic acids is 1. The van der Waals surface area contributed by atoms with Gasteiger partial charge in [-0.15, -0.1) is 0 Å². The van der Waals surface area contributed by atoms with Crippen molar-refractivity contribution in [2.45, 2.75) is 25.8 Å². The molecule has 0 saturated heterocycles. The molecule has 0 bridgehead atoms. The van der Waals surface area contributed by atoms with Crippen LogP contribution in [0.15, 0.2) is 36.5 Å². The Morgan fingerprint density at radius 2 is 2.16 bits per heavy atom. The predicted molar refractivity (Wildman–Crippen MR) is 74.7 cm³/mol. The van der Waals surface area contributed by atoms with Crippen LogP contribution in [-0.4, -0.2) is 22.1 Å². The summed E-state index contributed by atoms with van der Waals surface area (Å²) in [5, 5.41) is 9.46. The van der Waals surface area contributed by atoms with E-state index >= 15 is 0 Å². The Labute approximate surface area is 112 Å². The summed E-state index contributed by atoms with van der Waals surface area (Å²) in [4.78, 5) is 12.0. The van der Waals surface area contributed by atoms with Crippen LogP contribution in [0, 0.1) is 0 Å². The number of aromatic amines is 1. The van der Waals surface area contributed by atoms with E-state index in [9.17, 15) is 4.79 Å². The lowest BCUT2D eigenvalue weighted by atomic mass is 10.1. The molecule has 4 N–H and O–H groups in total. The van der Waals surface area contributed by atoms with Crippen LogP contribution in [0.25, 0.3) is 0 Å². The molecular weight excluding hydrogens is 240 g/mol. The fraction of sp³-hybridized carbons (Fsp3) is 0.286. The van der Waals surface area contributed by atoms with Gasteiger partial charge < -0.3 is 11.1 Å². The van der Waals surface area contributed by atoms with E-state index in [1.54, 1.807) is 6.20 Å². The summed E-state index contributed by atoms with van der Waals surface area (Å²) in [5.74, 6) is 0.429. The number of rotatable bonds is 5. The smallest absolute Gasteiger partial charge is 0.242 e. The lowest BCUT2D eigenvalue weighted by Crippen LogP contribution is -2.37. The molecule has 0 fully saturated rings. The zero-order valence-electron chi connectivity index (χ0n) is 10.9. The number of nitrogens with one attached hydrogen (secondary N) is 2. The molecule has 100 valence electrons. The van der Waals surface area contributed by atoms with Gasteiger partial charge in [0.15, 0.2) is 0 Å². The van der Waals surface area contributed by atoms with Gasteiger partial charge in [-0.05, 0) is 18.4 Å². The third-order valence-electron chi connectivity index (χ3n) is 2.98. The molecule has 2 rings (SSSR count). The number of H-pyrrole nitrogens is 1. The monoisotopic (exact) mass is 258 g/mol. The van der Waals surface area contributed by atoms with Crippen LogP contribution in [0.3, 0.4) is 0 Å². The summed E-state index contributed by atoms with van der Waals surface area (Å²) >= 11 is 0. The topological polar surface area (TPSA) is 83.8 Å². The summed E-state index contributed by atoms with van der Waals surface area (Å²) < 4.78 is 0.